The number of nitrogens with one attached hydrogen (secondary N) is 2. The molecule has 3 N–H and O–H groups in total. The number of hydrogen-bond donors (Lipinski definition) is 3. The van der Waals surface area contributed by atoms with Gasteiger partial charge in [-0.1, -0.05) is 12.1 Å². The van der Waals surface area contributed by atoms with E-state index in [9.17, 15) is 9.90 Å². The SMILES string of the molecule is Cc1cccc(OCCNC(=O)NCC(C)(O)c2ccc(C)o2)c1. The second kappa shape index (κ2) is 7.88. The summed E-state index contributed by atoms with van der Waals surface area (Å²) in [7, 11) is 0. The van der Waals surface area contributed by atoms with Gasteiger partial charge in [-0.05, 0) is 50.6 Å². The fraction of sp³-hybridized carbons (Fsp3) is 0.389. The predicted molar refractivity (Wildman–Crippen MR) is 91.1 cm³/mol. The predicted octanol–water partition coefficient (Wildman–Crippen LogP) is 2.48. The molecule has 6 heteroatoms. The Morgan fingerprint density at radius 2 is 2.04 bits per heavy atom. The van der Waals surface area contributed by atoms with Crippen LogP contribution in [-0.4, -0.2) is 30.8 Å². The molecule has 0 spiro atoms. The quantitative estimate of drug-likeness (QED) is 0.680. The van der Waals surface area contributed by atoms with E-state index in [-0.39, 0.29) is 12.6 Å². The van der Waals surface area contributed by atoms with Gasteiger partial charge >= 0.3 is 6.03 Å². The molecule has 0 bridgehead atoms. The summed E-state index contributed by atoms with van der Waals surface area (Å²) in [4.78, 5) is 11.8. The number of carbonyl (C=O) groups excluding carboxylic acids is 1. The Kier molecular flexibility index (Phi) is 5.87. The van der Waals surface area contributed by atoms with Gasteiger partial charge in [0.25, 0.3) is 0 Å². The Labute approximate surface area is 141 Å². The second-order valence-corrected chi connectivity index (χ2v) is 5.96. The van der Waals surface area contributed by atoms with Crippen molar-refractivity contribution in [2.24, 2.45) is 0 Å². The van der Waals surface area contributed by atoms with Gasteiger partial charge in [0.1, 0.15) is 29.5 Å². The van der Waals surface area contributed by atoms with Gasteiger partial charge in [0, 0.05) is 0 Å². The first-order chi connectivity index (χ1) is 11.4. The average molecular weight is 332 g/mol. The Morgan fingerprint density at radius 1 is 1.25 bits per heavy atom. The zero-order valence-corrected chi connectivity index (χ0v) is 14.3. The third-order valence-corrected chi connectivity index (χ3v) is 3.51. The lowest BCUT2D eigenvalue weighted by atomic mass is 10.0. The molecule has 2 aromatic rings. The maximum absolute atomic E-state index is 11.8. The summed E-state index contributed by atoms with van der Waals surface area (Å²) in [6.07, 6.45) is 0. The summed E-state index contributed by atoms with van der Waals surface area (Å²) in [5.74, 6) is 1.90. The third-order valence-electron chi connectivity index (χ3n) is 3.51. The number of aliphatic hydroxyl groups is 1. The Balaban J connectivity index is 1.68. The average Bonchev–Trinajstić information content (AvgIpc) is 2.97. The van der Waals surface area contributed by atoms with Gasteiger partial charge in [-0.15, -0.1) is 0 Å². The number of carbonyl (C=O) groups is 1. The van der Waals surface area contributed by atoms with Crippen LogP contribution < -0.4 is 15.4 Å². The number of furan rings is 1. The summed E-state index contributed by atoms with van der Waals surface area (Å²) < 4.78 is 10.9. The van der Waals surface area contributed by atoms with Crippen LogP contribution in [0.25, 0.3) is 0 Å². The summed E-state index contributed by atoms with van der Waals surface area (Å²) >= 11 is 0. The van der Waals surface area contributed by atoms with Crippen LogP contribution >= 0.6 is 0 Å². The fourth-order valence-electron chi connectivity index (χ4n) is 2.16. The van der Waals surface area contributed by atoms with Crippen LogP contribution in [0.1, 0.15) is 24.0 Å². The Hall–Kier alpha value is -2.47. The molecule has 0 aliphatic rings. The van der Waals surface area contributed by atoms with Crippen LogP contribution in [0.3, 0.4) is 0 Å². The van der Waals surface area contributed by atoms with E-state index in [2.05, 4.69) is 10.6 Å². The molecule has 0 radical (unpaired) electrons. The first-order valence-electron chi connectivity index (χ1n) is 7.87. The molecule has 1 aromatic heterocycles. The van der Waals surface area contributed by atoms with Gasteiger partial charge in [-0.3, -0.25) is 0 Å². The van der Waals surface area contributed by atoms with Gasteiger partial charge in [0.2, 0.25) is 0 Å². The van der Waals surface area contributed by atoms with Gasteiger partial charge < -0.3 is 24.9 Å². The molecular formula is C18H24N2O4. The van der Waals surface area contributed by atoms with Gasteiger partial charge in [0.05, 0.1) is 13.1 Å². The van der Waals surface area contributed by atoms with E-state index in [4.69, 9.17) is 9.15 Å². The van der Waals surface area contributed by atoms with Crippen molar-refractivity contribution >= 4 is 6.03 Å². The normalized spacial score (nSPS) is 13.2. The topological polar surface area (TPSA) is 83.7 Å². The van der Waals surface area contributed by atoms with Gasteiger partial charge in [-0.25, -0.2) is 4.79 Å². The lowest BCUT2D eigenvalue weighted by molar-refractivity contribution is 0.0359. The first kappa shape index (κ1) is 17.9. The van der Waals surface area contributed by atoms with E-state index in [0.29, 0.717) is 24.7 Å². The Morgan fingerprint density at radius 3 is 2.71 bits per heavy atom. The number of ether oxygens (including phenoxy) is 1. The van der Waals surface area contributed by atoms with Crippen molar-refractivity contribution in [3.63, 3.8) is 0 Å². The standard InChI is InChI=1S/C18H24N2O4/c1-13-5-4-6-15(11-13)23-10-9-19-17(21)20-12-18(3,22)16-8-7-14(2)24-16/h4-8,11,22H,9-10,12H2,1-3H3,(H2,19,20,21). The van der Waals surface area contributed by atoms with Crippen LogP contribution in [0.5, 0.6) is 5.75 Å². The van der Waals surface area contributed by atoms with Crippen molar-refractivity contribution in [3.05, 3.63) is 53.5 Å². The smallest absolute Gasteiger partial charge is 0.315 e. The van der Waals surface area contributed by atoms with Crippen LogP contribution in [0.2, 0.25) is 0 Å². The Bertz CT molecular complexity index is 679. The zero-order valence-electron chi connectivity index (χ0n) is 14.3. The maximum Gasteiger partial charge on any atom is 0.315 e. The highest BCUT2D eigenvalue weighted by molar-refractivity contribution is 5.73. The van der Waals surface area contributed by atoms with E-state index in [1.54, 1.807) is 26.0 Å². The minimum absolute atomic E-state index is 0.0462. The largest absolute Gasteiger partial charge is 0.492 e. The molecule has 0 aliphatic carbocycles. The highest BCUT2D eigenvalue weighted by Gasteiger charge is 2.27. The van der Waals surface area contributed by atoms with Crippen LogP contribution in [0.4, 0.5) is 4.79 Å². The van der Waals surface area contributed by atoms with Gasteiger partial charge in [0.15, 0.2) is 0 Å². The number of amides is 2. The second-order valence-electron chi connectivity index (χ2n) is 5.96. The van der Waals surface area contributed by atoms with Gasteiger partial charge in [-0.2, -0.15) is 0 Å². The van der Waals surface area contributed by atoms with Crippen molar-refractivity contribution in [2.45, 2.75) is 26.4 Å². The fourth-order valence-corrected chi connectivity index (χ4v) is 2.16. The van der Waals surface area contributed by atoms with E-state index in [1.807, 2.05) is 31.2 Å². The van der Waals surface area contributed by atoms with E-state index < -0.39 is 5.60 Å². The molecule has 0 fully saturated rings. The highest BCUT2D eigenvalue weighted by atomic mass is 16.5. The van der Waals surface area contributed by atoms with E-state index in [0.717, 1.165) is 11.3 Å². The van der Waals surface area contributed by atoms with Crippen molar-refractivity contribution in [2.75, 3.05) is 19.7 Å². The molecule has 1 heterocycles. The van der Waals surface area contributed by atoms with Crippen molar-refractivity contribution in [3.8, 4) is 5.75 Å². The monoisotopic (exact) mass is 332 g/mol. The van der Waals surface area contributed by atoms with Crippen LogP contribution in [0, 0.1) is 13.8 Å². The number of urea groups is 1. The zero-order chi connectivity index (χ0) is 17.6. The lowest BCUT2D eigenvalue weighted by Gasteiger charge is -2.21. The number of benzene rings is 1. The molecular weight excluding hydrogens is 308 g/mol. The van der Waals surface area contributed by atoms with Crippen molar-refractivity contribution in [1.29, 1.82) is 0 Å². The molecule has 1 aromatic carbocycles. The van der Waals surface area contributed by atoms with Crippen LogP contribution in [0.15, 0.2) is 40.8 Å². The number of aryl methyl sites for hydroxylation is 2. The minimum Gasteiger partial charge on any atom is -0.492 e. The number of rotatable bonds is 7. The molecule has 2 rings (SSSR count). The molecule has 6 nitrogen and oxygen atoms in total. The van der Waals surface area contributed by atoms with E-state index in [1.165, 1.54) is 0 Å². The van der Waals surface area contributed by atoms with E-state index >= 15 is 0 Å². The summed E-state index contributed by atoms with van der Waals surface area (Å²) in [5.41, 5.74) is -0.141. The molecule has 1 atom stereocenters. The molecule has 1 unspecified atom stereocenters. The van der Waals surface area contributed by atoms with Crippen LogP contribution in [-0.2, 0) is 5.60 Å². The molecule has 2 amide bonds. The highest BCUT2D eigenvalue weighted by Crippen LogP contribution is 2.21. The maximum atomic E-state index is 11.8. The molecule has 0 saturated heterocycles. The molecule has 0 saturated carbocycles. The number of hydrogen-bond acceptors (Lipinski definition) is 4. The molecule has 24 heavy (non-hydrogen) atoms. The van der Waals surface area contributed by atoms with Crippen molar-refractivity contribution in [1.82, 2.24) is 10.6 Å². The molecule has 0 aliphatic heterocycles. The van der Waals surface area contributed by atoms with Crippen molar-refractivity contribution < 1.29 is 19.1 Å². The molecule has 130 valence electrons. The third kappa shape index (κ3) is 5.31. The lowest BCUT2D eigenvalue weighted by Crippen LogP contribution is -2.44. The minimum atomic E-state index is -1.26. The summed E-state index contributed by atoms with van der Waals surface area (Å²) in [5, 5.41) is 15.6. The first-order valence-corrected chi connectivity index (χ1v) is 7.87. The summed E-state index contributed by atoms with van der Waals surface area (Å²) in [6.45, 7) is 6.16. The summed E-state index contributed by atoms with van der Waals surface area (Å²) in [6, 6.07) is 10.8.